The van der Waals surface area contributed by atoms with E-state index >= 15 is 0 Å². The Morgan fingerprint density at radius 1 is 1.08 bits per heavy atom. The molecule has 192 valence electrons. The average molecular weight is 548 g/mol. The van der Waals surface area contributed by atoms with E-state index in [1.165, 1.54) is 22.8 Å². The molecule has 1 amide bonds. The SMILES string of the molecule is COc1cc2c(cc1N(c1ccc(-c3ccc(Cl)cc3)s1)S(=O)[O-])CCN(C(=O)OC(C)(C)C)CC2. The zero-order chi connectivity index (χ0) is 26.0. The zero-order valence-corrected chi connectivity index (χ0v) is 23.0. The number of fused-ring (bicyclic) bond motifs is 1. The molecular weight excluding hydrogens is 520 g/mol. The number of hydrogen-bond donors (Lipinski definition) is 0. The molecule has 0 fully saturated rings. The second-order valence-corrected chi connectivity index (χ2v) is 11.7. The molecule has 7 nitrogen and oxygen atoms in total. The highest BCUT2D eigenvalue weighted by Gasteiger charge is 2.26. The van der Waals surface area contributed by atoms with E-state index in [-0.39, 0.29) is 6.09 Å². The van der Waals surface area contributed by atoms with Crippen LogP contribution in [0.25, 0.3) is 10.4 Å². The quantitative estimate of drug-likeness (QED) is 0.348. The van der Waals surface area contributed by atoms with Crippen LogP contribution in [0.2, 0.25) is 5.02 Å². The first-order chi connectivity index (χ1) is 17.1. The van der Waals surface area contributed by atoms with Crippen molar-refractivity contribution in [3.63, 3.8) is 0 Å². The molecular formula is C26H28ClN2O5S2-. The van der Waals surface area contributed by atoms with E-state index < -0.39 is 16.9 Å². The molecule has 0 N–H and O–H groups in total. The van der Waals surface area contributed by atoms with Crippen LogP contribution in [-0.2, 0) is 28.8 Å². The van der Waals surface area contributed by atoms with E-state index in [9.17, 15) is 13.6 Å². The van der Waals surface area contributed by atoms with Gasteiger partial charge in [0.05, 0.1) is 24.1 Å². The van der Waals surface area contributed by atoms with E-state index in [0.29, 0.717) is 47.4 Å². The number of carbonyl (C=O) groups excluding carboxylic acids is 1. The van der Waals surface area contributed by atoms with Crippen molar-refractivity contribution in [3.8, 4) is 16.2 Å². The number of thiophene rings is 1. The van der Waals surface area contributed by atoms with Crippen LogP contribution in [0.4, 0.5) is 15.5 Å². The highest BCUT2D eigenvalue weighted by Crippen LogP contribution is 2.42. The van der Waals surface area contributed by atoms with Crippen LogP contribution >= 0.6 is 22.9 Å². The van der Waals surface area contributed by atoms with E-state index in [1.807, 2.05) is 51.1 Å². The van der Waals surface area contributed by atoms with Gasteiger partial charge in [-0.25, -0.2) is 4.79 Å². The minimum atomic E-state index is -2.59. The van der Waals surface area contributed by atoms with E-state index in [0.717, 1.165) is 21.6 Å². The van der Waals surface area contributed by atoms with Crippen molar-refractivity contribution in [1.82, 2.24) is 4.90 Å². The van der Waals surface area contributed by atoms with Crippen LogP contribution in [0.5, 0.6) is 5.75 Å². The van der Waals surface area contributed by atoms with Gasteiger partial charge in [0, 0.05) is 23.0 Å². The van der Waals surface area contributed by atoms with Crippen molar-refractivity contribution >= 4 is 51.0 Å². The molecule has 3 aromatic rings. The molecule has 1 aromatic heterocycles. The second kappa shape index (κ2) is 10.8. The van der Waals surface area contributed by atoms with Gasteiger partial charge < -0.3 is 18.9 Å². The molecule has 0 aliphatic carbocycles. The molecule has 0 spiro atoms. The van der Waals surface area contributed by atoms with Crippen LogP contribution in [0.1, 0.15) is 31.9 Å². The highest BCUT2D eigenvalue weighted by molar-refractivity contribution is 7.81. The number of hydrogen-bond acceptors (Lipinski definition) is 6. The number of rotatable bonds is 5. The Morgan fingerprint density at radius 2 is 1.72 bits per heavy atom. The highest BCUT2D eigenvalue weighted by atomic mass is 35.5. The summed E-state index contributed by atoms with van der Waals surface area (Å²) in [7, 11) is 1.52. The molecule has 0 radical (unpaired) electrons. The Hall–Kier alpha value is -2.59. The fourth-order valence-electron chi connectivity index (χ4n) is 4.05. The smallest absolute Gasteiger partial charge is 0.410 e. The number of anilines is 2. The Bertz CT molecular complexity index is 1270. The lowest BCUT2D eigenvalue weighted by atomic mass is 10.0. The van der Waals surface area contributed by atoms with Gasteiger partial charge in [-0.2, -0.15) is 0 Å². The number of ether oxygens (including phenoxy) is 2. The number of benzene rings is 2. The summed E-state index contributed by atoms with van der Waals surface area (Å²) in [6, 6.07) is 14.8. The first-order valence-corrected chi connectivity index (χ1v) is 13.7. The van der Waals surface area contributed by atoms with Crippen LogP contribution < -0.4 is 9.04 Å². The molecule has 10 heteroatoms. The summed E-state index contributed by atoms with van der Waals surface area (Å²) in [6.07, 6.45) is 0.842. The lowest BCUT2D eigenvalue weighted by Crippen LogP contribution is -2.38. The molecule has 4 rings (SSSR count). The van der Waals surface area contributed by atoms with E-state index in [2.05, 4.69) is 0 Å². The third-order valence-corrected chi connectivity index (χ3v) is 7.92. The fourth-order valence-corrected chi connectivity index (χ4v) is 5.92. The Kier molecular flexibility index (Phi) is 7.94. The third kappa shape index (κ3) is 6.03. The predicted octanol–water partition coefficient (Wildman–Crippen LogP) is 6.35. The van der Waals surface area contributed by atoms with Crippen LogP contribution in [0.15, 0.2) is 48.5 Å². The van der Waals surface area contributed by atoms with Gasteiger partial charge in [-0.15, -0.1) is 11.3 Å². The maximum absolute atomic E-state index is 12.6. The topological polar surface area (TPSA) is 82.1 Å². The molecule has 1 unspecified atom stereocenters. The summed E-state index contributed by atoms with van der Waals surface area (Å²) in [6.45, 7) is 6.52. The molecule has 0 saturated carbocycles. The first-order valence-electron chi connectivity index (χ1n) is 11.5. The van der Waals surface area contributed by atoms with Gasteiger partial charge in [0.15, 0.2) is 0 Å². The molecule has 2 heterocycles. The standard InChI is InChI=1S/C26H29ClN2O5S2/c1-26(2,3)34-25(30)28-13-11-18-15-21(22(33-4)16-19(18)12-14-28)29(36(31)32)24-10-9-23(35-24)17-5-7-20(27)8-6-17/h5-10,15-16H,11-14H2,1-4H3,(H,31,32)/p-1. The summed E-state index contributed by atoms with van der Waals surface area (Å²) in [5.74, 6) is 0.449. The van der Waals surface area contributed by atoms with Gasteiger partial charge in [-0.05, 0) is 86.7 Å². The van der Waals surface area contributed by atoms with Gasteiger partial charge >= 0.3 is 6.09 Å². The lowest BCUT2D eigenvalue weighted by molar-refractivity contribution is 0.0258. The average Bonchev–Trinajstić information content (AvgIpc) is 3.18. The first kappa shape index (κ1) is 26.5. The summed E-state index contributed by atoms with van der Waals surface area (Å²) >= 11 is 4.78. The number of amides is 1. The maximum atomic E-state index is 12.6. The maximum Gasteiger partial charge on any atom is 0.410 e. The normalized spacial score (nSPS) is 14.6. The third-order valence-electron chi connectivity index (χ3n) is 5.74. The largest absolute Gasteiger partial charge is 0.755 e. The lowest BCUT2D eigenvalue weighted by Gasteiger charge is -2.27. The number of methoxy groups -OCH3 is 1. The van der Waals surface area contributed by atoms with Crippen molar-refractivity contribution in [2.45, 2.75) is 39.2 Å². The summed E-state index contributed by atoms with van der Waals surface area (Å²) in [5.41, 5.74) is 2.80. The van der Waals surface area contributed by atoms with Crippen LogP contribution in [0.3, 0.4) is 0 Å². The van der Waals surface area contributed by atoms with Gasteiger partial charge in [0.2, 0.25) is 0 Å². The molecule has 1 atom stereocenters. The Morgan fingerprint density at radius 3 is 2.31 bits per heavy atom. The van der Waals surface area contributed by atoms with E-state index in [4.69, 9.17) is 21.1 Å². The van der Waals surface area contributed by atoms with Gasteiger partial charge in [0.25, 0.3) is 0 Å². The van der Waals surface area contributed by atoms with E-state index in [1.54, 1.807) is 23.1 Å². The molecule has 1 aliphatic rings. The molecule has 36 heavy (non-hydrogen) atoms. The van der Waals surface area contributed by atoms with Gasteiger partial charge in [-0.1, -0.05) is 23.7 Å². The van der Waals surface area contributed by atoms with Crippen molar-refractivity contribution in [3.05, 3.63) is 64.7 Å². The minimum absolute atomic E-state index is 0.349. The van der Waals surface area contributed by atoms with Gasteiger partial charge in [0.1, 0.15) is 16.4 Å². The Balaban J connectivity index is 1.65. The number of carbonyl (C=O) groups is 1. The van der Waals surface area contributed by atoms with Crippen molar-refractivity contribution < 1.29 is 23.0 Å². The van der Waals surface area contributed by atoms with Crippen molar-refractivity contribution in [2.24, 2.45) is 0 Å². The molecule has 0 bridgehead atoms. The summed E-state index contributed by atoms with van der Waals surface area (Å²) < 4.78 is 37.3. The second-order valence-electron chi connectivity index (χ2n) is 9.42. The molecule has 2 aromatic carbocycles. The minimum Gasteiger partial charge on any atom is -0.755 e. The predicted molar refractivity (Wildman–Crippen MR) is 144 cm³/mol. The van der Waals surface area contributed by atoms with Crippen LogP contribution in [-0.4, -0.2) is 45.6 Å². The fraction of sp³-hybridized carbons (Fsp3) is 0.346. The van der Waals surface area contributed by atoms with Crippen molar-refractivity contribution in [2.75, 3.05) is 24.5 Å². The summed E-state index contributed by atoms with van der Waals surface area (Å²) in [5, 5.41) is 1.17. The zero-order valence-electron chi connectivity index (χ0n) is 20.6. The number of halogens is 1. The molecule has 0 saturated heterocycles. The Labute approximate surface area is 223 Å². The molecule has 1 aliphatic heterocycles. The van der Waals surface area contributed by atoms with Crippen LogP contribution in [0, 0.1) is 0 Å². The number of nitrogens with zero attached hydrogens (tertiary/aromatic N) is 2. The monoisotopic (exact) mass is 547 g/mol. The van der Waals surface area contributed by atoms with Gasteiger partial charge in [-0.3, -0.25) is 8.51 Å². The van der Waals surface area contributed by atoms with Crippen molar-refractivity contribution in [1.29, 1.82) is 0 Å². The summed E-state index contributed by atoms with van der Waals surface area (Å²) in [4.78, 5) is 15.2.